The zero-order valence-electron chi connectivity index (χ0n) is 30.7. The first kappa shape index (κ1) is 41.4. The van der Waals surface area contributed by atoms with E-state index in [-0.39, 0.29) is 38.0 Å². The highest BCUT2D eigenvalue weighted by atomic mass is 16.4. The molecule has 292 valence electrons. The van der Waals surface area contributed by atoms with E-state index in [2.05, 4.69) is 46.5 Å². The van der Waals surface area contributed by atoms with E-state index < -0.39 is 72.3 Å². The number of carbonyl (C=O) groups excluding carboxylic acids is 5. The standard InChI is InChI=1S/C38H48N10O7/c1-23(2)13-29(36(53)48-32(17-27-19-41-22-44-27)35(52)42-20-33(49)50)46-38(55)31(15-25-11-7-4-8-12-25)47-37(54)30(14-24-9-5-3-6-10-24)45-34(51)28(39)16-26-18-40-21-43-26/h3-12,18-19,21-23,28-32H,13-17,20,39H2,1-2H3,(H,40,43)(H,41,44)(H,42,52)(H,45,51)(H,46,55)(H,47,54)(H,48,53)(H,49,50). The number of aliphatic carboxylic acids is 1. The lowest BCUT2D eigenvalue weighted by Crippen LogP contribution is -2.60. The summed E-state index contributed by atoms with van der Waals surface area (Å²) in [5.41, 5.74) is 8.80. The molecule has 0 spiro atoms. The fourth-order valence-electron chi connectivity index (χ4n) is 5.75. The Hall–Kier alpha value is -6.36. The maximum Gasteiger partial charge on any atom is 0.322 e. The van der Waals surface area contributed by atoms with Crippen LogP contribution in [0.4, 0.5) is 0 Å². The number of amides is 5. The summed E-state index contributed by atoms with van der Waals surface area (Å²) in [6.07, 6.45) is 6.30. The number of hydrogen-bond acceptors (Lipinski definition) is 9. The molecule has 0 bridgehead atoms. The monoisotopic (exact) mass is 756 g/mol. The molecule has 2 aromatic heterocycles. The van der Waals surface area contributed by atoms with Crippen molar-refractivity contribution >= 4 is 35.5 Å². The number of rotatable bonds is 21. The van der Waals surface area contributed by atoms with Gasteiger partial charge in [0.1, 0.15) is 30.7 Å². The molecule has 5 unspecified atom stereocenters. The number of benzene rings is 2. The number of aromatic nitrogens is 4. The Labute approximate surface area is 318 Å². The van der Waals surface area contributed by atoms with Gasteiger partial charge < -0.3 is 47.4 Å². The van der Waals surface area contributed by atoms with E-state index in [1.54, 1.807) is 42.6 Å². The molecule has 0 radical (unpaired) electrons. The highest BCUT2D eigenvalue weighted by Crippen LogP contribution is 2.11. The van der Waals surface area contributed by atoms with Gasteiger partial charge in [0, 0.05) is 49.5 Å². The number of H-pyrrole nitrogens is 2. The molecule has 10 N–H and O–H groups in total. The summed E-state index contributed by atoms with van der Waals surface area (Å²) in [7, 11) is 0. The number of imidazole rings is 2. The van der Waals surface area contributed by atoms with Gasteiger partial charge in [0.05, 0.1) is 18.7 Å². The maximum absolute atomic E-state index is 14.1. The molecule has 0 saturated heterocycles. The summed E-state index contributed by atoms with van der Waals surface area (Å²) < 4.78 is 0. The van der Waals surface area contributed by atoms with Gasteiger partial charge in [-0.3, -0.25) is 28.8 Å². The second-order valence-electron chi connectivity index (χ2n) is 13.5. The summed E-state index contributed by atoms with van der Waals surface area (Å²) in [6.45, 7) is 3.04. The molecule has 2 heterocycles. The van der Waals surface area contributed by atoms with Crippen molar-refractivity contribution in [1.82, 2.24) is 46.5 Å². The van der Waals surface area contributed by atoms with Gasteiger partial charge in [0.2, 0.25) is 29.5 Å². The van der Waals surface area contributed by atoms with E-state index in [1.807, 2.05) is 38.1 Å². The average Bonchev–Trinajstić information content (AvgIpc) is 3.88. The molecule has 0 fully saturated rings. The fraction of sp³-hybridized carbons (Fsp3) is 0.368. The number of aromatic amines is 2. The van der Waals surface area contributed by atoms with E-state index in [0.29, 0.717) is 17.0 Å². The van der Waals surface area contributed by atoms with E-state index in [0.717, 1.165) is 5.56 Å². The van der Waals surface area contributed by atoms with Crippen molar-refractivity contribution in [2.75, 3.05) is 6.54 Å². The van der Waals surface area contributed by atoms with Gasteiger partial charge in [0.15, 0.2) is 0 Å². The van der Waals surface area contributed by atoms with Crippen LogP contribution in [0.15, 0.2) is 85.7 Å². The second kappa shape index (κ2) is 20.8. The molecule has 17 nitrogen and oxygen atoms in total. The van der Waals surface area contributed by atoms with Crippen molar-refractivity contribution < 1.29 is 33.9 Å². The molecule has 0 aliphatic carbocycles. The molecule has 5 amide bonds. The van der Waals surface area contributed by atoms with E-state index in [4.69, 9.17) is 10.8 Å². The smallest absolute Gasteiger partial charge is 0.322 e. The number of nitrogens with two attached hydrogens (primary N) is 1. The maximum atomic E-state index is 14.1. The highest BCUT2D eigenvalue weighted by Gasteiger charge is 2.33. The van der Waals surface area contributed by atoms with Crippen LogP contribution >= 0.6 is 0 Å². The van der Waals surface area contributed by atoms with Crippen molar-refractivity contribution in [1.29, 1.82) is 0 Å². The van der Waals surface area contributed by atoms with Gasteiger partial charge in [-0.25, -0.2) is 9.97 Å². The van der Waals surface area contributed by atoms with Crippen LogP contribution in [0.2, 0.25) is 0 Å². The molecule has 0 aliphatic heterocycles. The van der Waals surface area contributed by atoms with Gasteiger partial charge >= 0.3 is 5.97 Å². The van der Waals surface area contributed by atoms with E-state index >= 15 is 0 Å². The number of hydrogen-bond donors (Lipinski definition) is 9. The number of carboxylic acids is 1. The molecular formula is C38H48N10O7. The lowest BCUT2D eigenvalue weighted by atomic mass is 9.99. The van der Waals surface area contributed by atoms with Gasteiger partial charge in [-0.2, -0.15) is 0 Å². The minimum atomic E-state index is -1.26. The summed E-state index contributed by atoms with van der Waals surface area (Å²) in [5, 5.41) is 22.3. The van der Waals surface area contributed by atoms with E-state index in [1.165, 1.54) is 18.9 Å². The average molecular weight is 757 g/mol. The summed E-state index contributed by atoms with van der Waals surface area (Å²) in [4.78, 5) is 93.1. The second-order valence-corrected chi connectivity index (χ2v) is 13.5. The van der Waals surface area contributed by atoms with Crippen molar-refractivity contribution in [3.05, 3.63) is 108 Å². The van der Waals surface area contributed by atoms with Crippen LogP contribution in [0.3, 0.4) is 0 Å². The predicted octanol–water partition coefficient (Wildman–Crippen LogP) is -0.0832. The van der Waals surface area contributed by atoms with Crippen molar-refractivity contribution in [3.63, 3.8) is 0 Å². The molecule has 5 atom stereocenters. The third kappa shape index (κ3) is 13.9. The lowest BCUT2D eigenvalue weighted by molar-refractivity contribution is -0.138. The van der Waals surface area contributed by atoms with Crippen LogP contribution < -0.4 is 32.3 Å². The first-order chi connectivity index (χ1) is 26.4. The van der Waals surface area contributed by atoms with Crippen LogP contribution in [-0.4, -0.2) is 97.3 Å². The minimum absolute atomic E-state index is 0.0354. The van der Waals surface area contributed by atoms with Gasteiger partial charge in [-0.05, 0) is 23.5 Å². The lowest BCUT2D eigenvalue weighted by Gasteiger charge is -2.27. The number of nitrogens with one attached hydrogen (secondary N) is 7. The van der Waals surface area contributed by atoms with E-state index in [9.17, 15) is 28.8 Å². The van der Waals surface area contributed by atoms with Crippen molar-refractivity contribution in [2.45, 2.75) is 76.2 Å². The topological polar surface area (TPSA) is 266 Å². The van der Waals surface area contributed by atoms with Crippen molar-refractivity contribution in [3.8, 4) is 0 Å². The number of nitrogens with zero attached hydrogens (tertiary/aromatic N) is 2. The van der Waals surface area contributed by atoms with Gasteiger partial charge in [-0.15, -0.1) is 0 Å². The first-order valence-corrected chi connectivity index (χ1v) is 17.9. The molecule has 4 rings (SSSR count). The highest BCUT2D eigenvalue weighted by molar-refractivity contribution is 5.96. The Morgan fingerprint density at radius 1 is 0.618 bits per heavy atom. The summed E-state index contributed by atoms with van der Waals surface area (Å²) >= 11 is 0. The fourth-order valence-corrected chi connectivity index (χ4v) is 5.75. The Balaban J connectivity index is 1.56. The van der Waals surface area contributed by atoms with Crippen molar-refractivity contribution in [2.24, 2.45) is 11.7 Å². The first-order valence-electron chi connectivity index (χ1n) is 17.9. The quantitative estimate of drug-likeness (QED) is 0.0546. The number of carbonyl (C=O) groups is 6. The zero-order chi connectivity index (χ0) is 39.7. The van der Waals surface area contributed by atoms with Crippen LogP contribution in [-0.2, 0) is 54.5 Å². The van der Waals surface area contributed by atoms with Gasteiger partial charge in [-0.1, -0.05) is 74.5 Å². The molecule has 55 heavy (non-hydrogen) atoms. The third-order valence-corrected chi connectivity index (χ3v) is 8.53. The van der Waals surface area contributed by atoms with Crippen LogP contribution in [0.25, 0.3) is 0 Å². The number of carboxylic acid groups (broad SMARTS) is 1. The predicted molar refractivity (Wildman–Crippen MR) is 201 cm³/mol. The zero-order valence-corrected chi connectivity index (χ0v) is 30.7. The summed E-state index contributed by atoms with van der Waals surface area (Å²) in [6, 6.07) is 12.3. The molecule has 17 heteroatoms. The van der Waals surface area contributed by atoms with Crippen LogP contribution in [0.5, 0.6) is 0 Å². The normalized spacial score (nSPS) is 13.7. The molecular weight excluding hydrogens is 708 g/mol. The molecule has 0 saturated carbocycles. The Bertz CT molecular complexity index is 1840. The van der Waals surface area contributed by atoms with Gasteiger partial charge in [0.25, 0.3) is 0 Å². The Kier molecular flexibility index (Phi) is 15.6. The largest absolute Gasteiger partial charge is 0.480 e. The summed E-state index contributed by atoms with van der Waals surface area (Å²) in [5.74, 6) is -4.71. The SMILES string of the molecule is CC(C)CC(NC(=O)C(Cc1ccccc1)NC(=O)C(Cc1ccccc1)NC(=O)C(N)Cc1cnc[nH]1)C(=O)NC(Cc1cnc[nH]1)C(=O)NCC(=O)O. The molecule has 4 aromatic rings. The van der Waals surface area contributed by atoms with Crippen LogP contribution in [0, 0.1) is 5.92 Å². The third-order valence-electron chi connectivity index (χ3n) is 8.53. The Morgan fingerprint density at radius 3 is 1.51 bits per heavy atom. The Morgan fingerprint density at radius 2 is 1.05 bits per heavy atom. The minimum Gasteiger partial charge on any atom is -0.480 e. The van der Waals surface area contributed by atoms with Crippen LogP contribution in [0.1, 0.15) is 42.8 Å². The molecule has 0 aliphatic rings. The molecule has 2 aromatic carbocycles.